The fourth-order valence-corrected chi connectivity index (χ4v) is 2.18. The van der Waals surface area contributed by atoms with Crippen molar-refractivity contribution in [3.8, 4) is 0 Å². The first kappa shape index (κ1) is 12.8. The van der Waals surface area contributed by atoms with E-state index in [0.29, 0.717) is 23.3 Å². The van der Waals surface area contributed by atoms with Gasteiger partial charge in [0.15, 0.2) is 0 Å². The molecule has 1 N–H and O–H groups in total. The number of hydrogen-bond donors (Lipinski definition) is 1. The number of carbonyl (C=O) groups excluding carboxylic acids is 1. The van der Waals surface area contributed by atoms with Crippen molar-refractivity contribution in [2.24, 2.45) is 11.8 Å². The minimum absolute atomic E-state index is 0.0103. The number of rotatable bonds is 2. The predicted molar refractivity (Wildman–Crippen MR) is 70.4 cm³/mol. The lowest BCUT2D eigenvalue weighted by atomic mass is 9.88. The van der Waals surface area contributed by atoms with E-state index in [1.54, 1.807) is 13.2 Å². The maximum atomic E-state index is 12.3. The van der Waals surface area contributed by atoms with Crippen molar-refractivity contribution < 1.29 is 4.79 Å². The Morgan fingerprint density at radius 1 is 1.33 bits per heavy atom. The van der Waals surface area contributed by atoms with Gasteiger partial charge in [-0.25, -0.2) is 9.97 Å². The largest absolute Gasteiger partial charge is 0.372 e. The monoisotopic (exact) mass is 248 g/mol. The quantitative estimate of drug-likeness (QED) is 0.864. The molecule has 1 aromatic heterocycles. The molecule has 1 saturated heterocycles. The van der Waals surface area contributed by atoms with Crippen LogP contribution in [-0.4, -0.2) is 40.9 Å². The Balaban J connectivity index is 2.06. The van der Waals surface area contributed by atoms with Gasteiger partial charge < -0.3 is 10.2 Å². The minimum atomic E-state index is -0.0103. The van der Waals surface area contributed by atoms with Crippen molar-refractivity contribution in [2.75, 3.05) is 25.5 Å². The van der Waals surface area contributed by atoms with E-state index in [2.05, 4.69) is 29.1 Å². The van der Waals surface area contributed by atoms with Gasteiger partial charge in [-0.05, 0) is 18.3 Å². The molecule has 0 bridgehead atoms. The molecule has 5 heteroatoms. The zero-order chi connectivity index (χ0) is 13.1. The summed E-state index contributed by atoms with van der Waals surface area (Å²) in [4.78, 5) is 22.4. The van der Waals surface area contributed by atoms with Crippen LogP contribution in [0.1, 0.15) is 30.8 Å². The highest BCUT2D eigenvalue weighted by molar-refractivity contribution is 5.92. The molecule has 2 unspecified atom stereocenters. The number of likely N-dealkylation sites (tertiary alicyclic amines) is 1. The van der Waals surface area contributed by atoms with Gasteiger partial charge in [0.05, 0.1) is 12.4 Å². The molecule has 2 heterocycles. The van der Waals surface area contributed by atoms with Gasteiger partial charge in [-0.3, -0.25) is 4.79 Å². The summed E-state index contributed by atoms with van der Waals surface area (Å²) >= 11 is 0. The molecule has 98 valence electrons. The van der Waals surface area contributed by atoms with E-state index in [0.717, 1.165) is 19.5 Å². The van der Waals surface area contributed by atoms with Crippen molar-refractivity contribution in [2.45, 2.75) is 20.3 Å². The SMILES string of the molecule is CNc1cnc(C(=O)N2CCC(C)C(C)C2)cn1. The highest BCUT2D eigenvalue weighted by Crippen LogP contribution is 2.23. The fraction of sp³-hybridized carbons (Fsp3) is 0.615. The highest BCUT2D eigenvalue weighted by Gasteiger charge is 2.27. The lowest BCUT2D eigenvalue weighted by Gasteiger charge is -2.35. The molecule has 0 radical (unpaired) electrons. The van der Waals surface area contributed by atoms with Crippen molar-refractivity contribution in [1.82, 2.24) is 14.9 Å². The number of piperidine rings is 1. The second-order valence-corrected chi connectivity index (χ2v) is 5.03. The molecule has 0 saturated carbocycles. The lowest BCUT2D eigenvalue weighted by molar-refractivity contribution is 0.0621. The molecule has 0 spiro atoms. The first-order chi connectivity index (χ1) is 8.61. The number of amides is 1. The van der Waals surface area contributed by atoms with Crippen molar-refractivity contribution in [1.29, 1.82) is 0 Å². The molecular weight excluding hydrogens is 228 g/mol. The standard InChI is InChI=1S/C13H20N4O/c1-9-4-5-17(8-10(9)2)13(18)11-6-16-12(14-3)7-15-11/h6-7,9-10H,4-5,8H2,1-3H3,(H,14,16). The van der Waals surface area contributed by atoms with Crippen molar-refractivity contribution in [3.05, 3.63) is 18.1 Å². The van der Waals surface area contributed by atoms with Gasteiger partial charge in [-0.2, -0.15) is 0 Å². The van der Waals surface area contributed by atoms with Crippen molar-refractivity contribution >= 4 is 11.7 Å². The number of anilines is 1. The maximum absolute atomic E-state index is 12.3. The Kier molecular flexibility index (Phi) is 3.79. The van der Waals surface area contributed by atoms with E-state index in [1.807, 2.05) is 4.90 Å². The topological polar surface area (TPSA) is 58.1 Å². The summed E-state index contributed by atoms with van der Waals surface area (Å²) in [5.41, 5.74) is 0.427. The third-order valence-corrected chi connectivity index (χ3v) is 3.75. The van der Waals surface area contributed by atoms with E-state index in [4.69, 9.17) is 0 Å². The average molecular weight is 248 g/mol. The summed E-state index contributed by atoms with van der Waals surface area (Å²) in [7, 11) is 1.78. The summed E-state index contributed by atoms with van der Waals surface area (Å²) < 4.78 is 0. The summed E-state index contributed by atoms with van der Waals surface area (Å²) in [6.07, 6.45) is 4.19. The first-order valence-corrected chi connectivity index (χ1v) is 6.41. The molecule has 1 fully saturated rings. The second-order valence-electron chi connectivity index (χ2n) is 5.03. The first-order valence-electron chi connectivity index (χ1n) is 6.41. The van der Waals surface area contributed by atoms with Crippen LogP contribution in [0.2, 0.25) is 0 Å². The third-order valence-electron chi connectivity index (χ3n) is 3.75. The number of carbonyl (C=O) groups is 1. The van der Waals surface area contributed by atoms with E-state index in [-0.39, 0.29) is 5.91 Å². The highest BCUT2D eigenvalue weighted by atomic mass is 16.2. The lowest BCUT2D eigenvalue weighted by Crippen LogP contribution is -2.42. The Hall–Kier alpha value is -1.65. The maximum Gasteiger partial charge on any atom is 0.274 e. The van der Waals surface area contributed by atoms with Crippen LogP contribution in [0.3, 0.4) is 0 Å². The van der Waals surface area contributed by atoms with Gasteiger partial charge in [0, 0.05) is 20.1 Å². The summed E-state index contributed by atoms with van der Waals surface area (Å²) in [5.74, 6) is 1.90. The molecule has 18 heavy (non-hydrogen) atoms. The van der Waals surface area contributed by atoms with E-state index >= 15 is 0 Å². The molecule has 1 aliphatic rings. The number of nitrogens with zero attached hydrogens (tertiary/aromatic N) is 3. The van der Waals surface area contributed by atoms with Crippen LogP contribution >= 0.6 is 0 Å². The zero-order valence-corrected chi connectivity index (χ0v) is 11.2. The molecule has 0 aromatic carbocycles. The normalized spacial score (nSPS) is 23.8. The van der Waals surface area contributed by atoms with Gasteiger partial charge in [-0.1, -0.05) is 13.8 Å². The van der Waals surface area contributed by atoms with Gasteiger partial charge >= 0.3 is 0 Å². The molecule has 1 aromatic rings. The van der Waals surface area contributed by atoms with Crippen molar-refractivity contribution in [3.63, 3.8) is 0 Å². The molecule has 1 amide bonds. The van der Waals surface area contributed by atoms with E-state index in [1.165, 1.54) is 6.20 Å². The van der Waals surface area contributed by atoms with Crippen LogP contribution in [0.15, 0.2) is 12.4 Å². The second kappa shape index (κ2) is 5.33. The van der Waals surface area contributed by atoms with E-state index < -0.39 is 0 Å². The fourth-order valence-electron chi connectivity index (χ4n) is 2.18. The molecular formula is C13H20N4O. The van der Waals surface area contributed by atoms with Crippen LogP contribution in [0.5, 0.6) is 0 Å². The van der Waals surface area contributed by atoms with Crippen LogP contribution in [0.25, 0.3) is 0 Å². The molecule has 1 aliphatic heterocycles. The van der Waals surface area contributed by atoms with Gasteiger partial charge in [0.25, 0.3) is 5.91 Å². The predicted octanol–water partition coefficient (Wildman–Crippen LogP) is 1.64. The van der Waals surface area contributed by atoms with E-state index in [9.17, 15) is 4.79 Å². The number of aromatic nitrogens is 2. The summed E-state index contributed by atoms with van der Waals surface area (Å²) in [6.45, 7) is 6.07. The van der Waals surface area contributed by atoms with Crippen LogP contribution < -0.4 is 5.32 Å². The Morgan fingerprint density at radius 2 is 2.11 bits per heavy atom. The molecule has 2 atom stereocenters. The zero-order valence-electron chi connectivity index (χ0n) is 11.2. The Bertz CT molecular complexity index is 418. The molecule has 5 nitrogen and oxygen atoms in total. The van der Waals surface area contributed by atoms with Gasteiger partial charge in [0.1, 0.15) is 11.5 Å². The Morgan fingerprint density at radius 3 is 2.67 bits per heavy atom. The third kappa shape index (κ3) is 2.60. The Labute approximate surface area is 108 Å². The summed E-state index contributed by atoms with van der Waals surface area (Å²) in [5, 5.41) is 2.89. The van der Waals surface area contributed by atoms with Crippen LogP contribution in [0.4, 0.5) is 5.82 Å². The number of hydrogen-bond acceptors (Lipinski definition) is 4. The average Bonchev–Trinajstić information content (AvgIpc) is 2.41. The number of nitrogens with one attached hydrogen (secondary N) is 1. The van der Waals surface area contributed by atoms with Crippen LogP contribution in [0, 0.1) is 11.8 Å². The van der Waals surface area contributed by atoms with Gasteiger partial charge in [0.2, 0.25) is 0 Å². The van der Waals surface area contributed by atoms with Crippen LogP contribution in [-0.2, 0) is 0 Å². The smallest absolute Gasteiger partial charge is 0.274 e. The molecule has 0 aliphatic carbocycles. The van der Waals surface area contributed by atoms with Gasteiger partial charge in [-0.15, -0.1) is 0 Å². The molecule has 2 rings (SSSR count). The minimum Gasteiger partial charge on any atom is -0.372 e. The summed E-state index contributed by atoms with van der Waals surface area (Å²) in [6, 6.07) is 0.